The quantitative estimate of drug-likeness (QED) is 0.739. The molecule has 0 atom stereocenters. The van der Waals surface area contributed by atoms with Crippen molar-refractivity contribution in [2.24, 2.45) is 0 Å². The van der Waals surface area contributed by atoms with E-state index in [1.54, 1.807) is 18.5 Å². The number of thioether (sulfide) groups is 1. The highest BCUT2D eigenvalue weighted by Crippen LogP contribution is 2.28. The molecule has 2 heterocycles. The molecular weight excluding hydrogens is 310 g/mol. The van der Waals surface area contributed by atoms with E-state index in [1.807, 2.05) is 18.2 Å². The van der Waals surface area contributed by atoms with Gasteiger partial charge in [-0.05, 0) is 12.1 Å². The smallest absolute Gasteiger partial charge is 0.249 e. The third-order valence-corrected chi connectivity index (χ3v) is 3.90. The van der Waals surface area contributed by atoms with Crippen molar-refractivity contribution >= 4 is 29.2 Å². The van der Waals surface area contributed by atoms with Crippen molar-refractivity contribution in [1.82, 2.24) is 20.2 Å². The van der Waals surface area contributed by atoms with Gasteiger partial charge in [-0.15, -0.1) is 10.2 Å². The van der Waals surface area contributed by atoms with E-state index in [4.69, 9.17) is 21.8 Å². The summed E-state index contributed by atoms with van der Waals surface area (Å²) in [6, 6.07) is 7.30. The number of aromatic nitrogens is 4. The van der Waals surface area contributed by atoms with E-state index in [1.165, 1.54) is 11.8 Å². The third kappa shape index (κ3) is 3.14. The first-order chi connectivity index (χ1) is 10.2. The molecule has 0 spiro atoms. The maximum atomic E-state index is 6.09. The van der Waals surface area contributed by atoms with Crippen LogP contribution in [0.4, 0.5) is 5.82 Å². The highest BCUT2D eigenvalue weighted by Gasteiger charge is 2.12. The fourth-order valence-electron chi connectivity index (χ4n) is 1.63. The molecule has 21 heavy (non-hydrogen) atoms. The van der Waals surface area contributed by atoms with E-state index < -0.39 is 0 Å². The zero-order valence-corrected chi connectivity index (χ0v) is 12.3. The van der Waals surface area contributed by atoms with Gasteiger partial charge in [-0.3, -0.25) is 0 Å². The molecule has 0 amide bonds. The maximum Gasteiger partial charge on any atom is 0.249 e. The Kier molecular flexibility index (Phi) is 4.03. The Morgan fingerprint density at radius 2 is 1.95 bits per heavy atom. The molecule has 3 rings (SSSR count). The van der Waals surface area contributed by atoms with Gasteiger partial charge in [0, 0.05) is 12.4 Å². The molecule has 6 nitrogen and oxygen atoms in total. The Morgan fingerprint density at radius 3 is 2.76 bits per heavy atom. The predicted octanol–water partition coefficient (Wildman–Crippen LogP) is 3.05. The topological polar surface area (TPSA) is 90.7 Å². The van der Waals surface area contributed by atoms with E-state index in [0.717, 1.165) is 0 Å². The first kappa shape index (κ1) is 13.8. The number of benzene rings is 1. The van der Waals surface area contributed by atoms with Crippen LogP contribution in [-0.4, -0.2) is 20.2 Å². The second kappa shape index (κ2) is 6.11. The highest BCUT2D eigenvalue weighted by molar-refractivity contribution is 7.98. The van der Waals surface area contributed by atoms with Crippen molar-refractivity contribution in [3.8, 4) is 11.5 Å². The molecule has 106 valence electrons. The number of hydrogen-bond donors (Lipinski definition) is 1. The molecule has 0 fully saturated rings. The van der Waals surface area contributed by atoms with E-state index >= 15 is 0 Å². The van der Waals surface area contributed by atoms with Crippen LogP contribution in [0.1, 0.15) is 5.89 Å². The van der Waals surface area contributed by atoms with Crippen LogP contribution in [0.15, 0.2) is 46.1 Å². The summed E-state index contributed by atoms with van der Waals surface area (Å²) in [6.45, 7) is 0. The van der Waals surface area contributed by atoms with Crippen molar-refractivity contribution in [2.45, 2.75) is 10.8 Å². The summed E-state index contributed by atoms with van der Waals surface area (Å²) >= 11 is 7.48. The summed E-state index contributed by atoms with van der Waals surface area (Å²) in [5.74, 6) is 1.71. The summed E-state index contributed by atoms with van der Waals surface area (Å²) in [4.78, 5) is 8.10. The molecule has 2 aromatic heterocycles. The Morgan fingerprint density at radius 1 is 1.14 bits per heavy atom. The summed E-state index contributed by atoms with van der Waals surface area (Å²) in [6.07, 6.45) is 3.13. The lowest BCUT2D eigenvalue weighted by Gasteiger charge is -2.00. The average Bonchev–Trinajstić information content (AvgIpc) is 2.96. The number of hydrogen-bond acceptors (Lipinski definition) is 7. The Bertz CT molecular complexity index is 764. The zero-order valence-electron chi connectivity index (χ0n) is 10.7. The molecular formula is C13H10ClN5OS. The van der Waals surface area contributed by atoms with E-state index in [9.17, 15) is 0 Å². The van der Waals surface area contributed by atoms with E-state index in [2.05, 4.69) is 20.2 Å². The number of anilines is 1. The van der Waals surface area contributed by atoms with Crippen LogP contribution in [-0.2, 0) is 5.75 Å². The molecule has 8 heteroatoms. The Balaban J connectivity index is 1.74. The zero-order chi connectivity index (χ0) is 14.7. The molecule has 0 aliphatic heterocycles. The minimum atomic E-state index is 0.383. The normalized spacial score (nSPS) is 10.7. The summed E-state index contributed by atoms with van der Waals surface area (Å²) < 4.78 is 5.60. The molecule has 0 aliphatic rings. The maximum absolute atomic E-state index is 6.09. The van der Waals surface area contributed by atoms with E-state index in [0.29, 0.717) is 39.0 Å². The first-order valence-corrected chi connectivity index (χ1v) is 7.37. The molecule has 1 aromatic carbocycles. The van der Waals surface area contributed by atoms with Crippen LogP contribution in [0.2, 0.25) is 5.02 Å². The molecule has 0 radical (unpaired) electrons. The lowest BCUT2D eigenvalue weighted by atomic mass is 10.2. The average molecular weight is 320 g/mol. The Labute approximate surface area is 129 Å². The summed E-state index contributed by atoms with van der Waals surface area (Å²) in [7, 11) is 0. The van der Waals surface area contributed by atoms with Gasteiger partial charge in [0.05, 0.1) is 16.3 Å². The molecule has 0 saturated carbocycles. The largest absolute Gasteiger partial charge is 0.420 e. The van der Waals surface area contributed by atoms with Crippen molar-refractivity contribution in [2.75, 3.05) is 5.73 Å². The van der Waals surface area contributed by atoms with Gasteiger partial charge in [0.2, 0.25) is 11.8 Å². The van der Waals surface area contributed by atoms with Gasteiger partial charge in [-0.1, -0.05) is 35.5 Å². The number of rotatable bonds is 4. The van der Waals surface area contributed by atoms with Gasteiger partial charge >= 0.3 is 0 Å². The van der Waals surface area contributed by atoms with Crippen LogP contribution < -0.4 is 5.73 Å². The highest BCUT2D eigenvalue weighted by atomic mass is 35.5. The molecule has 2 N–H and O–H groups in total. The van der Waals surface area contributed by atoms with Crippen molar-refractivity contribution in [1.29, 1.82) is 0 Å². The standard InChI is InChI=1S/C13H10ClN5OS/c14-9-4-2-1-3-8(9)12-19-18-10(20-12)7-21-13-11(15)16-5-6-17-13/h1-6H,7H2,(H2,15,16). The molecule has 0 bridgehead atoms. The van der Waals surface area contributed by atoms with Crippen molar-refractivity contribution < 1.29 is 4.42 Å². The second-order valence-corrected chi connectivity index (χ2v) is 5.39. The minimum Gasteiger partial charge on any atom is -0.420 e. The van der Waals surface area contributed by atoms with Gasteiger partial charge in [0.1, 0.15) is 5.03 Å². The number of halogens is 1. The monoisotopic (exact) mass is 319 g/mol. The molecule has 0 unspecified atom stereocenters. The van der Waals surface area contributed by atoms with Gasteiger partial charge in [-0.25, -0.2) is 9.97 Å². The molecule has 3 aromatic rings. The van der Waals surface area contributed by atoms with Crippen molar-refractivity contribution in [3.05, 3.63) is 47.6 Å². The summed E-state index contributed by atoms with van der Waals surface area (Å²) in [5.41, 5.74) is 6.43. The second-order valence-electron chi connectivity index (χ2n) is 4.02. The Hall–Kier alpha value is -2.12. The van der Waals surface area contributed by atoms with Gasteiger partial charge in [-0.2, -0.15) is 0 Å². The summed E-state index contributed by atoms with van der Waals surface area (Å²) in [5, 5.41) is 9.20. The van der Waals surface area contributed by atoms with Gasteiger partial charge in [0.15, 0.2) is 5.82 Å². The van der Waals surface area contributed by atoms with Crippen LogP contribution in [0.25, 0.3) is 11.5 Å². The molecule has 0 aliphatic carbocycles. The number of nitrogen functional groups attached to an aromatic ring is 1. The third-order valence-electron chi connectivity index (χ3n) is 2.59. The first-order valence-electron chi connectivity index (χ1n) is 6.00. The lowest BCUT2D eigenvalue weighted by Crippen LogP contribution is -1.94. The van der Waals surface area contributed by atoms with Crippen LogP contribution >= 0.6 is 23.4 Å². The fraction of sp³-hybridized carbons (Fsp3) is 0.0769. The van der Waals surface area contributed by atoms with E-state index in [-0.39, 0.29) is 0 Å². The number of nitrogens with two attached hydrogens (primary N) is 1. The molecule has 0 saturated heterocycles. The van der Waals surface area contributed by atoms with Crippen molar-refractivity contribution in [3.63, 3.8) is 0 Å². The van der Waals surface area contributed by atoms with Crippen LogP contribution in [0, 0.1) is 0 Å². The SMILES string of the molecule is Nc1nccnc1SCc1nnc(-c2ccccc2Cl)o1. The minimum absolute atomic E-state index is 0.383. The van der Waals surface area contributed by atoms with Gasteiger partial charge in [0.25, 0.3) is 0 Å². The fourth-order valence-corrected chi connectivity index (χ4v) is 2.56. The van der Waals surface area contributed by atoms with Crippen LogP contribution in [0.3, 0.4) is 0 Å². The van der Waals surface area contributed by atoms with Gasteiger partial charge < -0.3 is 10.2 Å². The van der Waals surface area contributed by atoms with Crippen LogP contribution in [0.5, 0.6) is 0 Å². The predicted molar refractivity (Wildman–Crippen MR) is 80.7 cm³/mol. The lowest BCUT2D eigenvalue weighted by molar-refractivity contribution is 0.528. The number of nitrogens with zero attached hydrogens (tertiary/aromatic N) is 4.